The quantitative estimate of drug-likeness (QED) is 0.741. The number of amides is 1. The van der Waals surface area contributed by atoms with Gasteiger partial charge in [-0.1, -0.05) is 11.6 Å². The second-order valence-electron chi connectivity index (χ2n) is 5.39. The Morgan fingerprint density at radius 1 is 1.42 bits per heavy atom. The van der Waals surface area contributed by atoms with Gasteiger partial charge in [0.2, 0.25) is 0 Å². The first-order chi connectivity index (χ1) is 8.81. The zero-order valence-electron chi connectivity index (χ0n) is 11.1. The maximum Gasteiger partial charge on any atom is 0.410 e. The lowest BCUT2D eigenvalue weighted by Gasteiger charge is -2.30. The number of halogens is 1. The van der Waals surface area contributed by atoms with Gasteiger partial charge in [-0.25, -0.2) is 4.79 Å². The lowest BCUT2D eigenvalue weighted by atomic mass is 10.2. The van der Waals surface area contributed by atoms with Crippen molar-refractivity contribution in [2.75, 3.05) is 6.54 Å². The molecule has 0 aliphatic carbocycles. The number of nitrogens with zero attached hydrogens (tertiary/aromatic N) is 3. The highest BCUT2D eigenvalue weighted by molar-refractivity contribution is 6.33. The van der Waals surface area contributed by atoms with Crippen molar-refractivity contribution in [3.63, 3.8) is 0 Å². The van der Waals surface area contributed by atoms with Gasteiger partial charge in [0.15, 0.2) is 6.29 Å². The molecule has 1 aromatic rings. The molecule has 19 heavy (non-hydrogen) atoms. The van der Waals surface area contributed by atoms with Crippen molar-refractivity contribution in [2.45, 2.75) is 39.5 Å². The van der Waals surface area contributed by atoms with Gasteiger partial charge in [0.05, 0.1) is 23.8 Å². The summed E-state index contributed by atoms with van der Waals surface area (Å²) in [6.45, 7) is 6.73. The predicted octanol–water partition coefficient (Wildman–Crippen LogP) is 2.10. The van der Waals surface area contributed by atoms with Gasteiger partial charge in [-0.3, -0.25) is 9.48 Å². The zero-order valence-corrected chi connectivity index (χ0v) is 11.9. The summed E-state index contributed by atoms with van der Waals surface area (Å²) >= 11 is 6.05. The maximum atomic E-state index is 12.0. The van der Waals surface area contributed by atoms with Crippen LogP contribution in [-0.2, 0) is 17.8 Å². The first-order valence-electron chi connectivity index (χ1n) is 6.00. The summed E-state index contributed by atoms with van der Waals surface area (Å²) in [5.41, 5.74) is 0.343. The highest BCUT2D eigenvalue weighted by Gasteiger charge is 2.28. The Morgan fingerprint density at radius 3 is 2.68 bits per heavy atom. The van der Waals surface area contributed by atoms with Crippen molar-refractivity contribution in [1.29, 1.82) is 0 Å². The van der Waals surface area contributed by atoms with Crippen molar-refractivity contribution in [2.24, 2.45) is 0 Å². The molecule has 0 saturated carbocycles. The van der Waals surface area contributed by atoms with Crippen molar-refractivity contribution in [3.8, 4) is 0 Å². The van der Waals surface area contributed by atoms with Crippen molar-refractivity contribution >= 4 is 24.0 Å². The van der Waals surface area contributed by atoms with Crippen LogP contribution in [0.1, 0.15) is 37.0 Å². The summed E-state index contributed by atoms with van der Waals surface area (Å²) in [7, 11) is 0. The van der Waals surface area contributed by atoms with Gasteiger partial charge >= 0.3 is 6.09 Å². The molecule has 0 atom stereocenters. The molecule has 1 aromatic heterocycles. The van der Waals surface area contributed by atoms with Crippen LogP contribution in [0, 0.1) is 0 Å². The van der Waals surface area contributed by atoms with Gasteiger partial charge in [0.25, 0.3) is 0 Å². The number of ether oxygens (including phenoxy) is 1. The lowest BCUT2D eigenvalue weighted by molar-refractivity contribution is 0.0194. The molecule has 0 spiro atoms. The fraction of sp³-hybridized carbons (Fsp3) is 0.583. The van der Waals surface area contributed by atoms with Crippen LogP contribution in [0.25, 0.3) is 0 Å². The van der Waals surface area contributed by atoms with Crippen LogP contribution in [-0.4, -0.2) is 39.2 Å². The van der Waals surface area contributed by atoms with Gasteiger partial charge in [-0.15, -0.1) is 0 Å². The normalized spacial score (nSPS) is 15.1. The Bertz CT molecular complexity index is 519. The number of hydrogen-bond donors (Lipinski definition) is 0. The molecule has 1 amide bonds. The van der Waals surface area contributed by atoms with Crippen LogP contribution in [0.15, 0.2) is 0 Å². The third-order valence-corrected chi connectivity index (χ3v) is 3.12. The Labute approximate surface area is 116 Å². The number of rotatable bonds is 1. The predicted molar refractivity (Wildman–Crippen MR) is 69.3 cm³/mol. The summed E-state index contributed by atoms with van der Waals surface area (Å²) in [4.78, 5) is 24.3. The van der Waals surface area contributed by atoms with Crippen LogP contribution in [0.4, 0.5) is 4.79 Å². The number of hydrogen-bond acceptors (Lipinski definition) is 4. The molecular weight excluding hydrogens is 270 g/mol. The molecule has 0 aromatic carbocycles. The van der Waals surface area contributed by atoms with E-state index in [9.17, 15) is 9.59 Å². The summed E-state index contributed by atoms with van der Waals surface area (Å²) in [6.07, 6.45) is 0.231. The topological polar surface area (TPSA) is 64.4 Å². The van der Waals surface area contributed by atoms with E-state index in [0.29, 0.717) is 36.6 Å². The Kier molecular flexibility index (Phi) is 3.54. The molecule has 2 heterocycles. The molecule has 0 saturated heterocycles. The second kappa shape index (κ2) is 4.85. The van der Waals surface area contributed by atoms with E-state index >= 15 is 0 Å². The van der Waals surface area contributed by atoms with Crippen LogP contribution in [0.2, 0.25) is 5.02 Å². The smallest absolute Gasteiger partial charge is 0.410 e. The van der Waals surface area contributed by atoms with Gasteiger partial charge in [0.1, 0.15) is 11.3 Å². The summed E-state index contributed by atoms with van der Waals surface area (Å²) in [6, 6.07) is 0. The van der Waals surface area contributed by atoms with E-state index in [-0.39, 0.29) is 11.8 Å². The molecule has 6 nitrogen and oxygen atoms in total. The Hall–Kier alpha value is -1.56. The highest BCUT2D eigenvalue weighted by atomic mass is 35.5. The van der Waals surface area contributed by atoms with E-state index in [0.717, 1.165) is 0 Å². The summed E-state index contributed by atoms with van der Waals surface area (Å²) in [5, 5.41) is 4.38. The van der Waals surface area contributed by atoms with Crippen LogP contribution in [0.5, 0.6) is 0 Å². The number of carbonyl (C=O) groups excluding carboxylic acids is 2. The first kappa shape index (κ1) is 13.9. The SMILES string of the molecule is CC(C)(C)OC(=O)N1CCn2nc(C=O)c(Cl)c2C1. The number of aldehydes is 1. The van der Waals surface area contributed by atoms with E-state index in [1.165, 1.54) is 0 Å². The molecule has 0 radical (unpaired) electrons. The summed E-state index contributed by atoms with van der Waals surface area (Å²) < 4.78 is 6.97. The minimum Gasteiger partial charge on any atom is -0.444 e. The fourth-order valence-corrected chi connectivity index (χ4v) is 2.10. The molecular formula is C12H16ClN3O3. The molecule has 0 N–H and O–H groups in total. The molecule has 0 bridgehead atoms. The number of carbonyl (C=O) groups is 2. The minimum atomic E-state index is -0.535. The average molecular weight is 286 g/mol. The van der Waals surface area contributed by atoms with Gasteiger partial charge in [-0.2, -0.15) is 5.10 Å². The zero-order chi connectivity index (χ0) is 14.2. The second-order valence-corrected chi connectivity index (χ2v) is 5.77. The van der Waals surface area contributed by atoms with E-state index < -0.39 is 5.60 Å². The van der Waals surface area contributed by atoms with Crippen LogP contribution >= 0.6 is 11.6 Å². The summed E-state index contributed by atoms with van der Waals surface area (Å²) in [5.74, 6) is 0. The van der Waals surface area contributed by atoms with Gasteiger partial charge in [-0.05, 0) is 20.8 Å². The monoisotopic (exact) mass is 285 g/mol. The minimum absolute atomic E-state index is 0.211. The van der Waals surface area contributed by atoms with Crippen molar-refractivity contribution in [1.82, 2.24) is 14.7 Å². The average Bonchev–Trinajstić information content (AvgIpc) is 2.63. The van der Waals surface area contributed by atoms with E-state index in [2.05, 4.69) is 5.10 Å². The van der Waals surface area contributed by atoms with Crippen LogP contribution < -0.4 is 0 Å². The number of aromatic nitrogens is 2. The maximum absolute atomic E-state index is 12.0. The van der Waals surface area contributed by atoms with Crippen molar-refractivity contribution < 1.29 is 14.3 Å². The largest absolute Gasteiger partial charge is 0.444 e. The number of fused-ring (bicyclic) bond motifs is 1. The molecule has 1 aliphatic rings. The fourth-order valence-electron chi connectivity index (χ4n) is 1.86. The molecule has 1 aliphatic heterocycles. The molecule has 0 unspecified atom stereocenters. The Morgan fingerprint density at radius 2 is 2.11 bits per heavy atom. The third-order valence-electron chi connectivity index (χ3n) is 2.70. The van der Waals surface area contributed by atoms with Crippen LogP contribution in [0.3, 0.4) is 0 Å². The third kappa shape index (κ3) is 2.89. The van der Waals surface area contributed by atoms with Gasteiger partial charge < -0.3 is 9.64 Å². The van der Waals surface area contributed by atoms with Gasteiger partial charge in [0, 0.05) is 6.54 Å². The van der Waals surface area contributed by atoms with E-state index in [1.807, 2.05) is 20.8 Å². The lowest BCUT2D eigenvalue weighted by Crippen LogP contribution is -2.41. The standard InChI is InChI=1S/C12H16ClN3O3/c1-12(2,3)19-11(18)15-4-5-16-9(6-15)10(13)8(7-17)14-16/h7H,4-6H2,1-3H3. The van der Waals surface area contributed by atoms with Crippen molar-refractivity contribution in [3.05, 3.63) is 16.4 Å². The first-order valence-corrected chi connectivity index (χ1v) is 6.38. The molecule has 2 rings (SSSR count). The molecule has 7 heteroatoms. The highest BCUT2D eigenvalue weighted by Crippen LogP contribution is 2.25. The molecule has 104 valence electrons. The van der Waals surface area contributed by atoms with E-state index in [1.54, 1.807) is 9.58 Å². The Balaban J connectivity index is 2.16. The van der Waals surface area contributed by atoms with E-state index in [4.69, 9.17) is 16.3 Å². The molecule has 0 fully saturated rings.